The maximum absolute atomic E-state index is 12.8. The first-order chi connectivity index (χ1) is 11.7. The zero-order valence-corrected chi connectivity index (χ0v) is 14.4. The van der Waals surface area contributed by atoms with Crippen LogP contribution < -0.4 is 4.72 Å². The van der Waals surface area contributed by atoms with Gasteiger partial charge in [-0.25, -0.2) is 13.1 Å². The number of rotatable bonds is 4. The molecule has 1 aromatic carbocycles. The number of aromatic nitrogens is 3. The SMILES string of the molecule is O=S(=O)(NCc1nnc2n1CC[C@H](C(F)(F)F)C2)c1ccccc1Cl. The van der Waals surface area contributed by atoms with Gasteiger partial charge in [-0.1, -0.05) is 23.7 Å². The van der Waals surface area contributed by atoms with Crippen LogP contribution in [0.25, 0.3) is 0 Å². The molecule has 136 valence electrons. The first-order valence-corrected chi connectivity index (χ1v) is 9.26. The minimum absolute atomic E-state index is 0.0753. The summed E-state index contributed by atoms with van der Waals surface area (Å²) >= 11 is 5.88. The van der Waals surface area contributed by atoms with Gasteiger partial charge < -0.3 is 4.57 Å². The minimum Gasteiger partial charge on any atom is -0.314 e. The molecule has 0 saturated carbocycles. The summed E-state index contributed by atoms with van der Waals surface area (Å²) in [6, 6.07) is 5.95. The molecular formula is C14H14ClF3N4O2S. The molecule has 3 rings (SSSR count). The van der Waals surface area contributed by atoms with Gasteiger partial charge in [0.05, 0.1) is 17.5 Å². The molecule has 0 spiro atoms. The first kappa shape index (κ1) is 18.2. The fourth-order valence-corrected chi connectivity index (χ4v) is 4.20. The maximum atomic E-state index is 12.8. The zero-order chi connectivity index (χ0) is 18.2. The highest BCUT2D eigenvalue weighted by molar-refractivity contribution is 7.89. The topological polar surface area (TPSA) is 76.9 Å². The number of fused-ring (bicyclic) bond motifs is 1. The third-order valence-electron chi connectivity index (χ3n) is 4.04. The van der Waals surface area contributed by atoms with E-state index in [0.29, 0.717) is 0 Å². The number of benzene rings is 1. The van der Waals surface area contributed by atoms with Gasteiger partial charge in [0, 0.05) is 13.0 Å². The molecule has 6 nitrogen and oxygen atoms in total. The molecule has 1 aromatic heterocycles. The van der Waals surface area contributed by atoms with Crippen molar-refractivity contribution in [2.45, 2.75) is 37.0 Å². The lowest BCUT2D eigenvalue weighted by molar-refractivity contribution is -0.179. The second kappa shape index (κ2) is 6.58. The van der Waals surface area contributed by atoms with Crippen LogP contribution in [0.15, 0.2) is 29.2 Å². The van der Waals surface area contributed by atoms with Crippen molar-refractivity contribution in [2.24, 2.45) is 5.92 Å². The number of halogens is 4. The highest BCUT2D eigenvalue weighted by atomic mass is 35.5. The molecule has 0 aliphatic carbocycles. The lowest BCUT2D eigenvalue weighted by Gasteiger charge is -2.25. The summed E-state index contributed by atoms with van der Waals surface area (Å²) in [4.78, 5) is -0.0767. The quantitative estimate of drug-likeness (QED) is 0.864. The Balaban J connectivity index is 1.74. The van der Waals surface area contributed by atoms with E-state index in [1.54, 1.807) is 6.07 Å². The van der Waals surface area contributed by atoms with Crippen LogP contribution in [-0.2, 0) is 29.5 Å². The lowest BCUT2D eigenvalue weighted by atomic mass is 9.97. The van der Waals surface area contributed by atoms with Crippen molar-refractivity contribution in [3.8, 4) is 0 Å². The number of alkyl halides is 3. The predicted octanol–water partition coefficient (Wildman–Crippen LogP) is 2.53. The van der Waals surface area contributed by atoms with Crippen molar-refractivity contribution in [3.63, 3.8) is 0 Å². The highest BCUT2D eigenvalue weighted by Crippen LogP contribution is 2.34. The largest absolute Gasteiger partial charge is 0.392 e. The molecule has 1 aliphatic rings. The average molecular weight is 395 g/mol. The van der Waals surface area contributed by atoms with Crippen molar-refractivity contribution in [3.05, 3.63) is 40.9 Å². The number of nitrogens with zero attached hydrogens (tertiary/aromatic N) is 3. The molecule has 25 heavy (non-hydrogen) atoms. The summed E-state index contributed by atoms with van der Waals surface area (Å²) in [6.07, 6.45) is -4.62. The predicted molar refractivity (Wildman–Crippen MR) is 83.4 cm³/mol. The third-order valence-corrected chi connectivity index (χ3v) is 5.94. The number of hydrogen-bond acceptors (Lipinski definition) is 4. The van der Waals surface area contributed by atoms with E-state index in [1.165, 1.54) is 22.8 Å². The molecule has 0 fully saturated rings. The number of hydrogen-bond donors (Lipinski definition) is 1. The van der Waals surface area contributed by atoms with Gasteiger partial charge in [-0.15, -0.1) is 10.2 Å². The number of sulfonamides is 1. The fraction of sp³-hybridized carbons (Fsp3) is 0.429. The standard InChI is InChI=1S/C14H14ClF3N4O2S/c15-10-3-1-2-4-11(10)25(23,24)19-8-13-21-20-12-7-9(14(16,17)18)5-6-22(12)13/h1-4,9,19H,5-8H2/t9-/m0/s1. The van der Waals surface area contributed by atoms with Crippen LogP contribution in [0.2, 0.25) is 5.02 Å². The summed E-state index contributed by atoms with van der Waals surface area (Å²) in [5.74, 6) is -0.969. The Hall–Kier alpha value is -1.65. The monoisotopic (exact) mass is 394 g/mol. The molecule has 2 aromatic rings. The summed E-state index contributed by atoms with van der Waals surface area (Å²) < 4.78 is 66.9. The van der Waals surface area contributed by atoms with Crippen LogP contribution in [0.5, 0.6) is 0 Å². The molecule has 1 N–H and O–H groups in total. The van der Waals surface area contributed by atoms with E-state index in [1.807, 2.05) is 0 Å². The van der Waals surface area contributed by atoms with E-state index in [9.17, 15) is 21.6 Å². The van der Waals surface area contributed by atoms with Crippen LogP contribution in [0.3, 0.4) is 0 Å². The normalized spacial score (nSPS) is 18.2. The number of nitrogens with one attached hydrogen (secondary N) is 1. The molecule has 0 unspecified atom stereocenters. The van der Waals surface area contributed by atoms with Gasteiger partial charge in [0.1, 0.15) is 16.5 Å². The third kappa shape index (κ3) is 3.80. The molecule has 0 radical (unpaired) electrons. The smallest absolute Gasteiger partial charge is 0.314 e. The Bertz CT molecular complexity index is 882. The van der Waals surface area contributed by atoms with Gasteiger partial charge in [-0.05, 0) is 18.6 Å². The Labute approximate surface area is 147 Å². The maximum Gasteiger partial charge on any atom is 0.392 e. The zero-order valence-electron chi connectivity index (χ0n) is 12.8. The van der Waals surface area contributed by atoms with E-state index in [-0.39, 0.29) is 47.5 Å². The van der Waals surface area contributed by atoms with Crippen LogP contribution in [0.4, 0.5) is 13.2 Å². The Morgan fingerprint density at radius 1 is 1.28 bits per heavy atom. The van der Waals surface area contributed by atoms with Crippen LogP contribution in [0.1, 0.15) is 18.1 Å². The van der Waals surface area contributed by atoms with Crippen molar-refractivity contribution < 1.29 is 21.6 Å². The van der Waals surface area contributed by atoms with E-state index in [2.05, 4.69) is 14.9 Å². The van der Waals surface area contributed by atoms with E-state index >= 15 is 0 Å². The Kier molecular flexibility index (Phi) is 4.78. The molecular weight excluding hydrogens is 381 g/mol. The highest BCUT2D eigenvalue weighted by Gasteiger charge is 2.42. The van der Waals surface area contributed by atoms with E-state index in [4.69, 9.17) is 11.6 Å². The first-order valence-electron chi connectivity index (χ1n) is 7.40. The van der Waals surface area contributed by atoms with Crippen LogP contribution in [0, 0.1) is 5.92 Å². The summed E-state index contributed by atoms with van der Waals surface area (Å²) in [7, 11) is -3.87. The van der Waals surface area contributed by atoms with Gasteiger partial charge >= 0.3 is 6.18 Å². The lowest BCUT2D eigenvalue weighted by Crippen LogP contribution is -2.32. The van der Waals surface area contributed by atoms with Crippen molar-refractivity contribution in [1.82, 2.24) is 19.5 Å². The van der Waals surface area contributed by atoms with Gasteiger partial charge in [0.25, 0.3) is 0 Å². The van der Waals surface area contributed by atoms with Crippen LogP contribution >= 0.6 is 11.6 Å². The molecule has 2 heterocycles. The van der Waals surface area contributed by atoms with Crippen molar-refractivity contribution >= 4 is 21.6 Å². The molecule has 0 bridgehead atoms. The summed E-state index contributed by atoms with van der Waals surface area (Å²) in [5.41, 5.74) is 0. The summed E-state index contributed by atoms with van der Waals surface area (Å²) in [6.45, 7) is -0.0904. The van der Waals surface area contributed by atoms with Crippen molar-refractivity contribution in [2.75, 3.05) is 0 Å². The second-order valence-corrected chi connectivity index (χ2v) is 7.81. The average Bonchev–Trinajstić information content (AvgIpc) is 2.95. The van der Waals surface area contributed by atoms with Gasteiger partial charge in [-0.2, -0.15) is 13.2 Å². The Morgan fingerprint density at radius 2 is 2.00 bits per heavy atom. The fourth-order valence-electron chi connectivity index (χ4n) is 2.70. The van der Waals surface area contributed by atoms with Gasteiger partial charge in [0.2, 0.25) is 10.0 Å². The molecule has 1 aliphatic heterocycles. The van der Waals surface area contributed by atoms with Crippen molar-refractivity contribution in [1.29, 1.82) is 0 Å². The Morgan fingerprint density at radius 3 is 2.68 bits per heavy atom. The van der Waals surface area contributed by atoms with Gasteiger partial charge in [-0.3, -0.25) is 0 Å². The van der Waals surface area contributed by atoms with E-state index in [0.717, 1.165) is 0 Å². The molecule has 0 saturated heterocycles. The van der Waals surface area contributed by atoms with Crippen LogP contribution in [-0.4, -0.2) is 29.4 Å². The van der Waals surface area contributed by atoms with Gasteiger partial charge in [0.15, 0.2) is 0 Å². The molecule has 11 heteroatoms. The minimum atomic E-state index is -4.27. The second-order valence-electron chi connectivity index (χ2n) is 5.67. The van der Waals surface area contributed by atoms with E-state index < -0.39 is 22.1 Å². The molecule has 1 atom stereocenters. The summed E-state index contributed by atoms with van der Waals surface area (Å²) in [5, 5.41) is 7.66. The molecule has 0 amide bonds.